The van der Waals surface area contributed by atoms with Gasteiger partial charge in [0.2, 0.25) is 0 Å². The highest BCUT2D eigenvalue weighted by Crippen LogP contribution is 2.28. The van der Waals surface area contributed by atoms with Crippen molar-refractivity contribution >= 4 is 17.5 Å². The first-order chi connectivity index (χ1) is 8.56. The number of carbonyl (C=O) groups is 1. The third-order valence-corrected chi connectivity index (χ3v) is 2.51. The minimum Gasteiger partial charge on any atom is -0.508 e. The van der Waals surface area contributed by atoms with Gasteiger partial charge in [0.1, 0.15) is 17.2 Å². The van der Waals surface area contributed by atoms with Crippen molar-refractivity contribution in [1.29, 1.82) is 0 Å². The number of hydrogen-bond donors (Lipinski definition) is 2. The first-order valence-electron chi connectivity index (χ1n) is 5.12. The molecule has 0 atom stereocenters. The first-order valence-corrected chi connectivity index (χ1v) is 5.50. The summed E-state index contributed by atoms with van der Waals surface area (Å²) in [6.07, 6.45) is 0. The number of hydrogen-bond acceptors (Lipinski definition) is 3. The van der Waals surface area contributed by atoms with Gasteiger partial charge < -0.3 is 15.6 Å². The Bertz CT molecular complexity index is 581. The third kappa shape index (κ3) is 2.73. The van der Waals surface area contributed by atoms with Gasteiger partial charge in [-0.3, -0.25) is 4.79 Å². The molecule has 0 aromatic heterocycles. The molecule has 5 heteroatoms. The normalized spacial score (nSPS) is 10.1. The van der Waals surface area contributed by atoms with Crippen LogP contribution in [0.4, 0.5) is 0 Å². The number of aromatic hydroxyl groups is 1. The van der Waals surface area contributed by atoms with Gasteiger partial charge >= 0.3 is 0 Å². The molecule has 0 fully saturated rings. The average molecular weight is 264 g/mol. The summed E-state index contributed by atoms with van der Waals surface area (Å²) >= 11 is 5.79. The molecule has 2 aromatic carbocycles. The number of phenolic OH excluding ortho intramolecular Hbond substituents is 1. The predicted molar refractivity (Wildman–Crippen MR) is 68.2 cm³/mol. The molecular formula is C13H10ClNO3. The molecule has 0 saturated heterocycles. The second kappa shape index (κ2) is 4.98. The number of carbonyl (C=O) groups excluding carboxylic acids is 1. The molecule has 0 spiro atoms. The number of benzene rings is 2. The van der Waals surface area contributed by atoms with Crippen molar-refractivity contribution in [2.75, 3.05) is 0 Å². The molecule has 2 aromatic rings. The van der Waals surface area contributed by atoms with Gasteiger partial charge in [0.05, 0.1) is 5.56 Å². The molecule has 0 aliphatic rings. The number of phenols is 1. The molecule has 0 aliphatic heterocycles. The van der Waals surface area contributed by atoms with Crippen LogP contribution in [0.25, 0.3) is 0 Å². The topological polar surface area (TPSA) is 72.6 Å². The largest absolute Gasteiger partial charge is 0.508 e. The van der Waals surface area contributed by atoms with Gasteiger partial charge in [-0.15, -0.1) is 0 Å². The summed E-state index contributed by atoms with van der Waals surface area (Å²) in [5, 5.41) is 9.56. The third-order valence-electron chi connectivity index (χ3n) is 2.27. The van der Waals surface area contributed by atoms with E-state index in [2.05, 4.69) is 0 Å². The summed E-state index contributed by atoms with van der Waals surface area (Å²) in [7, 11) is 0. The molecule has 18 heavy (non-hydrogen) atoms. The SMILES string of the molecule is NC(=O)c1cc(Cl)ccc1Oc1ccc(O)cc1. The lowest BCUT2D eigenvalue weighted by atomic mass is 10.2. The monoisotopic (exact) mass is 263 g/mol. The Morgan fingerprint density at radius 1 is 1.17 bits per heavy atom. The number of primary amides is 1. The van der Waals surface area contributed by atoms with Crippen molar-refractivity contribution in [3.63, 3.8) is 0 Å². The van der Waals surface area contributed by atoms with Crippen LogP contribution in [0.5, 0.6) is 17.2 Å². The Morgan fingerprint density at radius 2 is 1.83 bits per heavy atom. The van der Waals surface area contributed by atoms with Gasteiger partial charge in [-0.05, 0) is 42.5 Å². The molecule has 2 rings (SSSR count). The summed E-state index contributed by atoms with van der Waals surface area (Å²) in [5.74, 6) is 0.315. The van der Waals surface area contributed by atoms with E-state index in [-0.39, 0.29) is 11.3 Å². The maximum Gasteiger partial charge on any atom is 0.252 e. The number of amides is 1. The first kappa shape index (κ1) is 12.3. The highest BCUT2D eigenvalue weighted by molar-refractivity contribution is 6.31. The lowest BCUT2D eigenvalue weighted by molar-refractivity contribution is 0.0998. The predicted octanol–water partition coefficient (Wildman–Crippen LogP) is 2.94. The molecule has 0 heterocycles. The zero-order valence-electron chi connectivity index (χ0n) is 9.26. The smallest absolute Gasteiger partial charge is 0.252 e. The fourth-order valence-corrected chi connectivity index (χ4v) is 1.60. The van der Waals surface area contributed by atoms with Crippen molar-refractivity contribution in [2.45, 2.75) is 0 Å². The minimum absolute atomic E-state index is 0.133. The molecule has 3 N–H and O–H groups in total. The van der Waals surface area contributed by atoms with Crippen LogP contribution in [0, 0.1) is 0 Å². The molecule has 0 aliphatic carbocycles. The van der Waals surface area contributed by atoms with Gasteiger partial charge in [-0.25, -0.2) is 0 Å². The van der Waals surface area contributed by atoms with Crippen LogP contribution in [-0.2, 0) is 0 Å². The maximum atomic E-state index is 11.3. The van der Waals surface area contributed by atoms with Crippen molar-refractivity contribution in [2.24, 2.45) is 5.73 Å². The molecule has 0 saturated carbocycles. The van der Waals surface area contributed by atoms with E-state index in [9.17, 15) is 4.79 Å². The molecule has 0 unspecified atom stereocenters. The van der Waals surface area contributed by atoms with E-state index in [4.69, 9.17) is 27.2 Å². The number of ether oxygens (including phenoxy) is 1. The molecule has 0 bridgehead atoms. The number of rotatable bonds is 3. The Hall–Kier alpha value is -2.20. The molecule has 0 radical (unpaired) electrons. The van der Waals surface area contributed by atoms with Gasteiger partial charge in [0.15, 0.2) is 0 Å². The molecular weight excluding hydrogens is 254 g/mol. The zero-order chi connectivity index (χ0) is 13.1. The fraction of sp³-hybridized carbons (Fsp3) is 0. The van der Waals surface area contributed by atoms with E-state index in [0.29, 0.717) is 16.5 Å². The van der Waals surface area contributed by atoms with Crippen LogP contribution in [0.3, 0.4) is 0 Å². The van der Waals surface area contributed by atoms with E-state index < -0.39 is 5.91 Å². The van der Waals surface area contributed by atoms with Gasteiger partial charge in [0, 0.05) is 5.02 Å². The van der Waals surface area contributed by atoms with E-state index in [0.717, 1.165) is 0 Å². The highest BCUT2D eigenvalue weighted by Gasteiger charge is 2.11. The van der Waals surface area contributed by atoms with E-state index in [1.54, 1.807) is 24.3 Å². The molecule has 4 nitrogen and oxygen atoms in total. The van der Waals surface area contributed by atoms with Gasteiger partial charge in [-0.1, -0.05) is 11.6 Å². The second-order valence-electron chi connectivity index (χ2n) is 3.60. The van der Waals surface area contributed by atoms with E-state index in [1.165, 1.54) is 18.2 Å². The minimum atomic E-state index is -0.619. The quantitative estimate of drug-likeness (QED) is 0.894. The Morgan fingerprint density at radius 3 is 2.44 bits per heavy atom. The van der Waals surface area contributed by atoms with Gasteiger partial charge in [0.25, 0.3) is 5.91 Å². The number of halogens is 1. The van der Waals surface area contributed by atoms with E-state index >= 15 is 0 Å². The Labute approximate surface area is 109 Å². The summed E-state index contributed by atoms with van der Waals surface area (Å²) in [5.41, 5.74) is 5.45. The highest BCUT2D eigenvalue weighted by atomic mass is 35.5. The summed E-state index contributed by atoms with van der Waals surface area (Å²) < 4.78 is 5.51. The van der Waals surface area contributed by atoms with Crippen molar-refractivity contribution < 1.29 is 14.6 Å². The molecule has 92 valence electrons. The Balaban J connectivity index is 2.34. The maximum absolute atomic E-state index is 11.3. The van der Waals surface area contributed by atoms with Crippen molar-refractivity contribution in [3.05, 3.63) is 53.1 Å². The lowest BCUT2D eigenvalue weighted by Gasteiger charge is -2.09. The van der Waals surface area contributed by atoms with Crippen LogP contribution >= 0.6 is 11.6 Å². The average Bonchev–Trinajstić information content (AvgIpc) is 2.34. The standard InChI is InChI=1S/C13H10ClNO3/c14-8-1-6-12(11(7-8)13(15)17)18-10-4-2-9(16)3-5-10/h1-7,16H,(H2,15,17). The fourth-order valence-electron chi connectivity index (χ4n) is 1.42. The lowest BCUT2D eigenvalue weighted by Crippen LogP contribution is -2.12. The Kier molecular flexibility index (Phi) is 3.39. The second-order valence-corrected chi connectivity index (χ2v) is 4.04. The summed E-state index contributed by atoms with van der Waals surface area (Å²) in [6.45, 7) is 0. The van der Waals surface area contributed by atoms with E-state index in [1.807, 2.05) is 0 Å². The molecule has 1 amide bonds. The summed E-state index contributed by atoms with van der Waals surface area (Å²) in [4.78, 5) is 11.3. The van der Waals surface area contributed by atoms with Crippen LogP contribution in [0.2, 0.25) is 5.02 Å². The van der Waals surface area contributed by atoms with Crippen LogP contribution < -0.4 is 10.5 Å². The summed E-state index contributed by atoms with van der Waals surface area (Å²) in [6, 6.07) is 10.7. The van der Waals surface area contributed by atoms with Crippen molar-refractivity contribution in [1.82, 2.24) is 0 Å². The van der Waals surface area contributed by atoms with Crippen LogP contribution in [-0.4, -0.2) is 11.0 Å². The zero-order valence-corrected chi connectivity index (χ0v) is 10.0. The van der Waals surface area contributed by atoms with Crippen molar-refractivity contribution in [3.8, 4) is 17.2 Å². The van der Waals surface area contributed by atoms with Gasteiger partial charge in [-0.2, -0.15) is 0 Å². The number of nitrogens with two attached hydrogens (primary N) is 1. The van der Waals surface area contributed by atoms with Crippen LogP contribution in [0.15, 0.2) is 42.5 Å². The van der Waals surface area contributed by atoms with Crippen LogP contribution in [0.1, 0.15) is 10.4 Å².